The molecule has 0 unspecified atom stereocenters. The van der Waals surface area contributed by atoms with Gasteiger partial charge < -0.3 is 9.47 Å². The largest absolute Gasteiger partial charge is 0.344 e. The molecule has 1 aromatic heterocycles. The number of benzene rings is 1. The van der Waals surface area contributed by atoms with Crippen LogP contribution in [0.25, 0.3) is 10.9 Å². The zero-order valence-electron chi connectivity index (χ0n) is 11.9. The van der Waals surface area contributed by atoms with Crippen LogP contribution < -0.4 is 0 Å². The second-order valence-electron chi connectivity index (χ2n) is 5.71. The average Bonchev–Trinajstić information content (AvgIpc) is 2.90. The predicted octanol–water partition coefficient (Wildman–Crippen LogP) is 4.08. The van der Waals surface area contributed by atoms with Crippen molar-refractivity contribution in [3.05, 3.63) is 36.5 Å². The molecule has 0 bridgehead atoms. The number of rotatable bonds is 4. The Hall–Kier alpha value is -1.28. The second-order valence-corrected chi connectivity index (χ2v) is 5.71. The molecule has 3 rings (SSSR count). The van der Waals surface area contributed by atoms with Crippen molar-refractivity contribution in [2.75, 3.05) is 19.6 Å². The van der Waals surface area contributed by atoms with Gasteiger partial charge in [-0.05, 0) is 43.3 Å². The number of piperidine rings is 1. The molecular weight excluding hydrogens is 232 g/mol. The monoisotopic (exact) mass is 256 g/mol. The lowest BCUT2D eigenvalue weighted by molar-refractivity contribution is 0.186. The number of aromatic nitrogens is 1. The molecule has 1 aliphatic rings. The maximum atomic E-state index is 2.63. The van der Waals surface area contributed by atoms with Gasteiger partial charge in [0.05, 0.1) is 0 Å². The molecule has 19 heavy (non-hydrogen) atoms. The van der Waals surface area contributed by atoms with Crippen molar-refractivity contribution in [1.29, 1.82) is 0 Å². The highest BCUT2D eigenvalue weighted by Gasteiger charge is 2.20. The molecule has 2 heteroatoms. The lowest BCUT2D eigenvalue weighted by Crippen LogP contribution is -2.35. The summed E-state index contributed by atoms with van der Waals surface area (Å²) in [5.41, 5.74) is 1.40. The lowest BCUT2D eigenvalue weighted by atomic mass is 10.0. The number of nitrogens with zero attached hydrogens (tertiary/aromatic N) is 2. The molecule has 0 amide bonds. The molecule has 1 fully saturated rings. The van der Waals surface area contributed by atoms with Crippen molar-refractivity contribution in [2.24, 2.45) is 0 Å². The number of unbranched alkanes of at least 4 members (excludes halogenated alkanes) is 1. The number of hydrogen-bond donors (Lipinski definition) is 0. The Balaban J connectivity index is 1.68. The first-order chi connectivity index (χ1) is 9.38. The molecule has 0 spiro atoms. The topological polar surface area (TPSA) is 8.17 Å². The SMILES string of the molecule is CCCCN1CCC(n2ccc3ccccc32)CC1. The molecule has 2 aromatic rings. The van der Waals surface area contributed by atoms with Gasteiger partial charge in [0.1, 0.15) is 0 Å². The summed E-state index contributed by atoms with van der Waals surface area (Å²) in [6, 6.07) is 11.7. The van der Waals surface area contributed by atoms with Gasteiger partial charge in [0.15, 0.2) is 0 Å². The average molecular weight is 256 g/mol. The summed E-state index contributed by atoms with van der Waals surface area (Å²) < 4.78 is 2.49. The van der Waals surface area contributed by atoms with Gasteiger partial charge in [-0.25, -0.2) is 0 Å². The van der Waals surface area contributed by atoms with Crippen LogP contribution in [-0.2, 0) is 0 Å². The molecule has 0 N–H and O–H groups in total. The highest BCUT2D eigenvalue weighted by molar-refractivity contribution is 5.80. The summed E-state index contributed by atoms with van der Waals surface area (Å²) in [6.07, 6.45) is 7.51. The lowest BCUT2D eigenvalue weighted by Gasteiger charge is -2.33. The first kappa shape index (κ1) is 12.7. The van der Waals surface area contributed by atoms with E-state index in [0.717, 1.165) is 0 Å². The fraction of sp³-hybridized carbons (Fsp3) is 0.529. The standard InChI is InChI=1S/C17H24N2/c1-2-3-11-18-12-9-16(10-13-18)19-14-8-15-6-4-5-7-17(15)19/h4-8,14,16H,2-3,9-13H2,1H3. The zero-order valence-corrected chi connectivity index (χ0v) is 11.9. The fourth-order valence-electron chi connectivity index (χ4n) is 3.23. The summed E-state index contributed by atoms with van der Waals surface area (Å²) in [5.74, 6) is 0. The van der Waals surface area contributed by atoms with Gasteiger partial charge in [-0.2, -0.15) is 0 Å². The maximum absolute atomic E-state index is 2.63. The van der Waals surface area contributed by atoms with Crippen molar-refractivity contribution in [3.63, 3.8) is 0 Å². The van der Waals surface area contributed by atoms with Crippen LogP contribution in [0.3, 0.4) is 0 Å². The van der Waals surface area contributed by atoms with Crippen molar-refractivity contribution in [2.45, 2.75) is 38.6 Å². The van der Waals surface area contributed by atoms with Crippen LogP contribution in [0.5, 0.6) is 0 Å². The fourth-order valence-corrected chi connectivity index (χ4v) is 3.23. The van der Waals surface area contributed by atoms with E-state index in [9.17, 15) is 0 Å². The van der Waals surface area contributed by atoms with E-state index in [1.165, 1.54) is 56.2 Å². The Morgan fingerprint density at radius 2 is 1.89 bits per heavy atom. The number of para-hydroxylation sites is 1. The first-order valence-electron chi connectivity index (χ1n) is 7.66. The smallest absolute Gasteiger partial charge is 0.0482 e. The van der Waals surface area contributed by atoms with Crippen LogP contribution in [-0.4, -0.2) is 29.1 Å². The molecule has 1 aromatic carbocycles. The van der Waals surface area contributed by atoms with Gasteiger partial charge in [0, 0.05) is 30.8 Å². The van der Waals surface area contributed by atoms with Gasteiger partial charge >= 0.3 is 0 Å². The van der Waals surface area contributed by atoms with Crippen LogP contribution >= 0.6 is 0 Å². The minimum atomic E-state index is 0.692. The van der Waals surface area contributed by atoms with Crippen LogP contribution in [0.15, 0.2) is 36.5 Å². The molecule has 102 valence electrons. The molecular formula is C17H24N2. The van der Waals surface area contributed by atoms with Crippen LogP contribution in [0.1, 0.15) is 38.6 Å². The third-order valence-corrected chi connectivity index (χ3v) is 4.41. The van der Waals surface area contributed by atoms with E-state index in [1.807, 2.05) is 0 Å². The van der Waals surface area contributed by atoms with Gasteiger partial charge in [-0.15, -0.1) is 0 Å². The van der Waals surface area contributed by atoms with E-state index >= 15 is 0 Å². The third kappa shape index (κ3) is 2.69. The molecule has 1 aliphatic heterocycles. The molecule has 0 aliphatic carbocycles. The summed E-state index contributed by atoms with van der Waals surface area (Å²) in [7, 11) is 0. The Morgan fingerprint density at radius 3 is 2.68 bits per heavy atom. The Bertz CT molecular complexity index is 521. The molecule has 0 atom stereocenters. The summed E-state index contributed by atoms with van der Waals surface area (Å²) in [5, 5.41) is 1.37. The first-order valence-corrected chi connectivity index (χ1v) is 7.66. The van der Waals surface area contributed by atoms with E-state index in [0.29, 0.717) is 6.04 Å². The number of likely N-dealkylation sites (tertiary alicyclic amines) is 1. The van der Waals surface area contributed by atoms with E-state index in [-0.39, 0.29) is 0 Å². The van der Waals surface area contributed by atoms with Crippen molar-refractivity contribution in [1.82, 2.24) is 9.47 Å². The maximum Gasteiger partial charge on any atom is 0.0482 e. The normalized spacial score (nSPS) is 18.2. The Labute approximate surface area is 116 Å². The van der Waals surface area contributed by atoms with E-state index in [2.05, 4.69) is 52.9 Å². The zero-order chi connectivity index (χ0) is 13.1. The van der Waals surface area contributed by atoms with Crippen molar-refractivity contribution in [3.8, 4) is 0 Å². The van der Waals surface area contributed by atoms with Gasteiger partial charge in [0.2, 0.25) is 0 Å². The van der Waals surface area contributed by atoms with E-state index in [1.54, 1.807) is 0 Å². The van der Waals surface area contributed by atoms with Crippen molar-refractivity contribution < 1.29 is 0 Å². The quantitative estimate of drug-likeness (QED) is 0.800. The Morgan fingerprint density at radius 1 is 1.11 bits per heavy atom. The van der Waals surface area contributed by atoms with Crippen molar-refractivity contribution >= 4 is 10.9 Å². The third-order valence-electron chi connectivity index (χ3n) is 4.41. The minimum absolute atomic E-state index is 0.692. The van der Waals surface area contributed by atoms with E-state index in [4.69, 9.17) is 0 Å². The highest BCUT2D eigenvalue weighted by atomic mass is 15.1. The summed E-state index contributed by atoms with van der Waals surface area (Å²) in [4.78, 5) is 2.63. The summed E-state index contributed by atoms with van der Waals surface area (Å²) >= 11 is 0. The minimum Gasteiger partial charge on any atom is -0.344 e. The number of hydrogen-bond acceptors (Lipinski definition) is 1. The number of fused-ring (bicyclic) bond motifs is 1. The molecule has 0 radical (unpaired) electrons. The summed E-state index contributed by atoms with van der Waals surface area (Å²) in [6.45, 7) is 6.09. The van der Waals surface area contributed by atoms with E-state index < -0.39 is 0 Å². The van der Waals surface area contributed by atoms with Crippen LogP contribution in [0, 0.1) is 0 Å². The molecule has 2 nitrogen and oxygen atoms in total. The predicted molar refractivity (Wildman–Crippen MR) is 81.6 cm³/mol. The van der Waals surface area contributed by atoms with Crippen LogP contribution in [0.4, 0.5) is 0 Å². The molecule has 1 saturated heterocycles. The van der Waals surface area contributed by atoms with Gasteiger partial charge in [-0.1, -0.05) is 31.5 Å². The Kier molecular flexibility index (Phi) is 3.88. The molecule has 2 heterocycles. The van der Waals surface area contributed by atoms with Gasteiger partial charge in [0.25, 0.3) is 0 Å². The second kappa shape index (κ2) is 5.79. The van der Waals surface area contributed by atoms with Crippen LogP contribution in [0.2, 0.25) is 0 Å². The molecule has 0 saturated carbocycles. The highest BCUT2D eigenvalue weighted by Crippen LogP contribution is 2.27. The van der Waals surface area contributed by atoms with Gasteiger partial charge in [-0.3, -0.25) is 0 Å².